The van der Waals surface area contributed by atoms with Gasteiger partial charge >= 0.3 is 6.18 Å². The maximum Gasteiger partial charge on any atom is 0.389 e. The molecule has 0 aromatic heterocycles. The van der Waals surface area contributed by atoms with Gasteiger partial charge in [-0.3, -0.25) is 4.79 Å². The Balaban J connectivity index is 1.88. The van der Waals surface area contributed by atoms with Crippen molar-refractivity contribution >= 4 is 11.7 Å². The minimum absolute atomic E-state index is 0.0205. The number of carbonyl (C=O) groups is 1. The molecule has 1 aromatic carbocycles. The van der Waals surface area contributed by atoms with Crippen LogP contribution in [-0.4, -0.2) is 53.9 Å². The zero-order valence-electron chi connectivity index (χ0n) is 16.5. The van der Waals surface area contributed by atoms with E-state index in [0.29, 0.717) is 18.4 Å². The van der Waals surface area contributed by atoms with Gasteiger partial charge in [0.2, 0.25) is 5.91 Å². The zero-order valence-corrected chi connectivity index (χ0v) is 16.5. The topological polar surface area (TPSA) is 61.9 Å². The molecule has 1 aliphatic rings. The molecule has 1 fully saturated rings. The fraction of sp³-hybridized carbons (Fsp3) is 0.579. The molecule has 168 valence electrons. The standard InChI is InChI=1S/C19H24F6N4O/c1-12(7-13-9-15(21)16(22)10-14(13)20)8-18(30)29-6-5-28(17(11-29)27-26)4-2-3-19(23,24)25/h9-10,12H,2-8,11,26H2,1H3/b27-17-/t12-/m1/s1. The van der Waals surface area contributed by atoms with E-state index in [9.17, 15) is 31.1 Å². The van der Waals surface area contributed by atoms with Gasteiger partial charge in [-0.25, -0.2) is 13.2 Å². The number of hydrogen-bond donors (Lipinski definition) is 1. The first-order valence-electron chi connectivity index (χ1n) is 9.49. The average molecular weight is 438 g/mol. The lowest BCUT2D eigenvalue weighted by Gasteiger charge is -2.37. The van der Waals surface area contributed by atoms with Crippen molar-refractivity contribution in [2.45, 2.75) is 38.8 Å². The van der Waals surface area contributed by atoms with E-state index in [1.54, 1.807) is 11.8 Å². The van der Waals surface area contributed by atoms with E-state index in [0.717, 1.165) is 6.07 Å². The zero-order chi connectivity index (χ0) is 22.5. The molecular formula is C19H24F6N4O. The smallest absolute Gasteiger partial charge is 0.355 e. The van der Waals surface area contributed by atoms with Crippen molar-refractivity contribution in [3.63, 3.8) is 0 Å². The summed E-state index contributed by atoms with van der Waals surface area (Å²) in [5, 5.41) is 3.59. The number of hydrogen-bond acceptors (Lipinski definition) is 3. The summed E-state index contributed by atoms with van der Waals surface area (Å²) in [6.07, 6.45) is -5.18. The molecule has 0 radical (unpaired) electrons. The quantitative estimate of drug-likeness (QED) is 0.307. The summed E-state index contributed by atoms with van der Waals surface area (Å²) in [5.74, 6) is 1.73. The maximum absolute atomic E-state index is 13.8. The Morgan fingerprint density at radius 3 is 2.47 bits per heavy atom. The highest BCUT2D eigenvalue weighted by Crippen LogP contribution is 2.22. The van der Waals surface area contributed by atoms with E-state index in [2.05, 4.69) is 5.10 Å². The van der Waals surface area contributed by atoms with Crippen molar-refractivity contribution < 1.29 is 31.1 Å². The van der Waals surface area contributed by atoms with Crippen LogP contribution < -0.4 is 5.84 Å². The van der Waals surface area contributed by atoms with E-state index < -0.39 is 30.0 Å². The first kappa shape index (κ1) is 23.8. The highest BCUT2D eigenvalue weighted by atomic mass is 19.4. The number of halogens is 6. The fourth-order valence-electron chi connectivity index (χ4n) is 3.36. The molecule has 0 unspecified atom stereocenters. The number of piperazine rings is 1. The molecule has 1 aromatic rings. The normalized spacial score (nSPS) is 17.5. The van der Waals surface area contributed by atoms with E-state index in [1.807, 2.05) is 0 Å². The number of amides is 1. The minimum atomic E-state index is -4.24. The van der Waals surface area contributed by atoms with Crippen LogP contribution in [0.4, 0.5) is 26.3 Å². The Kier molecular flexibility index (Phi) is 7.96. The van der Waals surface area contributed by atoms with Crippen molar-refractivity contribution in [2.75, 3.05) is 26.2 Å². The van der Waals surface area contributed by atoms with Crippen molar-refractivity contribution in [1.29, 1.82) is 0 Å². The summed E-state index contributed by atoms with van der Waals surface area (Å²) < 4.78 is 77.1. The van der Waals surface area contributed by atoms with Crippen LogP contribution in [0.25, 0.3) is 0 Å². The van der Waals surface area contributed by atoms with Gasteiger partial charge in [-0.1, -0.05) is 6.92 Å². The van der Waals surface area contributed by atoms with Gasteiger partial charge in [0, 0.05) is 38.5 Å². The van der Waals surface area contributed by atoms with Crippen LogP contribution in [0.15, 0.2) is 17.2 Å². The average Bonchev–Trinajstić information content (AvgIpc) is 2.65. The largest absolute Gasteiger partial charge is 0.389 e. The summed E-state index contributed by atoms with van der Waals surface area (Å²) in [6, 6.07) is 1.26. The predicted octanol–water partition coefficient (Wildman–Crippen LogP) is 3.43. The highest BCUT2D eigenvalue weighted by molar-refractivity contribution is 5.89. The molecule has 0 saturated carbocycles. The molecule has 1 aliphatic heterocycles. The molecular weight excluding hydrogens is 414 g/mol. The minimum Gasteiger partial charge on any atom is -0.355 e. The van der Waals surface area contributed by atoms with E-state index in [4.69, 9.17) is 5.84 Å². The SMILES string of the molecule is C[C@@H](CC(=O)N1CCN(CCCC(F)(F)F)/C(=N\N)C1)Cc1cc(F)c(F)cc1F. The predicted molar refractivity (Wildman–Crippen MR) is 98.9 cm³/mol. The molecule has 2 N–H and O–H groups in total. The van der Waals surface area contributed by atoms with Gasteiger partial charge in [-0.05, 0) is 30.4 Å². The molecule has 1 amide bonds. The Morgan fingerprint density at radius 1 is 1.17 bits per heavy atom. The first-order valence-corrected chi connectivity index (χ1v) is 9.49. The molecule has 2 rings (SSSR count). The lowest BCUT2D eigenvalue weighted by molar-refractivity contribution is -0.135. The van der Waals surface area contributed by atoms with Gasteiger partial charge in [0.1, 0.15) is 11.7 Å². The number of carbonyl (C=O) groups excluding carboxylic acids is 1. The van der Waals surface area contributed by atoms with E-state index in [-0.39, 0.29) is 56.3 Å². The Morgan fingerprint density at radius 2 is 1.83 bits per heavy atom. The molecule has 1 saturated heterocycles. The second kappa shape index (κ2) is 10.0. The molecule has 0 bridgehead atoms. The summed E-state index contributed by atoms with van der Waals surface area (Å²) in [4.78, 5) is 15.7. The third-order valence-electron chi connectivity index (χ3n) is 4.91. The summed E-state index contributed by atoms with van der Waals surface area (Å²) >= 11 is 0. The van der Waals surface area contributed by atoms with Crippen molar-refractivity contribution in [3.8, 4) is 0 Å². The van der Waals surface area contributed by atoms with Crippen LogP contribution in [0.2, 0.25) is 0 Å². The molecule has 1 heterocycles. The summed E-state index contributed by atoms with van der Waals surface area (Å²) in [6.45, 7) is 2.46. The molecule has 1 atom stereocenters. The van der Waals surface area contributed by atoms with Crippen LogP contribution in [0.5, 0.6) is 0 Å². The van der Waals surface area contributed by atoms with Crippen molar-refractivity contribution in [3.05, 3.63) is 35.1 Å². The third kappa shape index (κ3) is 6.81. The van der Waals surface area contributed by atoms with E-state index in [1.165, 1.54) is 4.90 Å². The summed E-state index contributed by atoms with van der Waals surface area (Å²) in [5.41, 5.74) is -0.0205. The number of hydrazone groups is 1. The second-order valence-corrected chi connectivity index (χ2v) is 7.44. The molecule has 11 heteroatoms. The fourth-order valence-corrected chi connectivity index (χ4v) is 3.36. The lowest BCUT2D eigenvalue weighted by Crippen LogP contribution is -2.53. The number of nitrogens with two attached hydrogens (primary N) is 1. The van der Waals surface area contributed by atoms with Gasteiger partial charge < -0.3 is 15.6 Å². The van der Waals surface area contributed by atoms with Crippen molar-refractivity contribution in [2.24, 2.45) is 16.9 Å². The van der Waals surface area contributed by atoms with Gasteiger partial charge in [-0.2, -0.15) is 18.3 Å². The number of amidine groups is 1. The van der Waals surface area contributed by atoms with Crippen LogP contribution in [0, 0.1) is 23.4 Å². The first-order chi connectivity index (χ1) is 14.0. The number of alkyl halides is 3. The van der Waals surface area contributed by atoms with E-state index >= 15 is 0 Å². The number of benzene rings is 1. The van der Waals surface area contributed by atoms with Gasteiger partial charge in [-0.15, -0.1) is 0 Å². The monoisotopic (exact) mass is 438 g/mol. The van der Waals surface area contributed by atoms with Crippen LogP contribution in [-0.2, 0) is 11.2 Å². The van der Waals surface area contributed by atoms with Crippen LogP contribution in [0.3, 0.4) is 0 Å². The molecule has 5 nitrogen and oxygen atoms in total. The molecule has 30 heavy (non-hydrogen) atoms. The van der Waals surface area contributed by atoms with Gasteiger partial charge in [0.25, 0.3) is 0 Å². The maximum atomic E-state index is 13.8. The van der Waals surface area contributed by atoms with Crippen LogP contribution in [0.1, 0.15) is 31.7 Å². The Bertz CT molecular complexity index is 783. The Hall–Kier alpha value is -2.46. The number of nitrogens with zero attached hydrogens (tertiary/aromatic N) is 3. The summed E-state index contributed by atoms with van der Waals surface area (Å²) in [7, 11) is 0. The van der Waals surface area contributed by atoms with Gasteiger partial charge in [0.05, 0.1) is 6.54 Å². The highest BCUT2D eigenvalue weighted by Gasteiger charge is 2.29. The van der Waals surface area contributed by atoms with Crippen LogP contribution >= 0.6 is 0 Å². The van der Waals surface area contributed by atoms with Gasteiger partial charge in [0.15, 0.2) is 11.6 Å². The molecule has 0 aliphatic carbocycles. The van der Waals surface area contributed by atoms with Crippen molar-refractivity contribution in [1.82, 2.24) is 9.80 Å². The number of rotatable bonds is 7. The lowest BCUT2D eigenvalue weighted by atomic mass is 9.96. The molecule has 0 spiro atoms. The third-order valence-corrected chi connectivity index (χ3v) is 4.91. The second-order valence-electron chi connectivity index (χ2n) is 7.44. The Labute approximate surface area is 170 Å².